The first-order valence-corrected chi connectivity index (χ1v) is 6.94. The van der Waals surface area contributed by atoms with Gasteiger partial charge in [0.25, 0.3) is 0 Å². The maximum Gasteiger partial charge on any atom is 0.220 e. The van der Waals surface area contributed by atoms with E-state index in [1.807, 2.05) is 24.3 Å². The van der Waals surface area contributed by atoms with Crippen LogP contribution in [0.2, 0.25) is 5.02 Å². The molecule has 0 spiro atoms. The lowest BCUT2D eigenvalue weighted by Crippen LogP contribution is -2.26. The van der Waals surface area contributed by atoms with Crippen LogP contribution in [-0.2, 0) is 4.79 Å². The highest BCUT2D eigenvalue weighted by Crippen LogP contribution is 2.20. The van der Waals surface area contributed by atoms with Gasteiger partial charge in [0.2, 0.25) is 5.91 Å². The van der Waals surface area contributed by atoms with Crippen molar-refractivity contribution in [3.63, 3.8) is 0 Å². The summed E-state index contributed by atoms with van der Waals surface area (Å²) in [4.78, 5) is 12.5. The van der Waals surface area contributed by atoms with Crippen molar-refractivity contribution in [1.82, 2.24) is 5.32 Å². The van der Waals surface area contributed by atoms with Crippen LogP contribution in [0.3, 0.4) is 0 Å². The van der Waals surface area contributed by atoms with Gasteiger partial charge < -0.3 is 11.1 Å². The van der Waals surface area contributed by atoms with Gasteiger partial charge in [0.1, 0.15) is 0 Å². The molecule has 0 heterocycles. The van der Waals surface area contributed by atoms with Gasteiger partial charge in [-0.2, -0.15) is 0 Å². The Morgan fingerprint density at radius 2 is 2.06 bits per heavy atom. The van der Waals surface area contributed by atoms with Crippen molar-refractivity contribution in [1.29, 1.82) is 0 Å². The molecule has 0 unspecified atom stereocenters. The van der Waals surface area contributed by atoms with Crippen LogP contribution in [0.4, 0.5) is 0 Å². The summed E-state index contributed by atoms with van der Waals surface area (Å²) in [5.74, 6) is 0.857. The average molecular weight is 273 g/mol. The van der Waals surface area contributed by atoms with E-state index < -0.39 is 0 Å². The molecule has 0 aromatic heterocycles. The zero-order chi connectivity index (χ0) is 12.5. The highest BCUT2D eigenvalue weighted by Gasteiger charge is 2.01. The maximum absolute atomic E-state index is 11.4. The van der Waals surface area contributed by atoms with Gasteiger partial charge in [-0.25, -0.2) is 0 Å². The SMILES string of the molecule is NCCCNC(=O)CCSc1ccc(Cl)cc1. The smallest absolute Gasteiger partial charge is 0.220 e. The van der Waals surface area contributed by atoms with Crippen molar-refractivity contribution in [3.8, 4) is 0 Å². The number of benzene rings is 1. The number of rotatable bonds is 7. The standard InChI is InChI=1S/C12H17ClN2OS/c13-10-2-4-11(5-3-10)17-9-6-12(16)15-8-1-7-14/h2-5H,1,6-9,14H2,(H,15,16). The molecule has 17 heavy (non-hydrogen) atoms. The molecule has 3 nitrogen and oxygen atoms in total. The minimum Gasteiger partial charge on any atom is -0.356 e. The second-order valence-electron chi connectivity index (χ2n) is 3.54. The highest BCUT2D eigenvalue weighted by atomic mass is 35.5. The number of hydrogen-bond acceptors (Lipinski definition) is 3. The fraction of sp³-hybridized carbons (Fsp3) is 0.417. The van der Waals surface area contributed by atoms with E-state index in [9.17, 15) is 4.79 Å². The van der Waals surface area contributed by atoms with Gasteiger partial charge in [0, 0.05) is 28.6 Å². The normalized spacial score (nSPS) is 10.2. The highest BCUT2D eigenvalue weighted by molar-refractivity contribution is 7.99. The monoisotopic (exact) mass is 272 g/mol. The average Bonchev–Trinajstić information content (AvgIpc) is 2.32. The predicted octanol–water partition coefficient (Wildman–Crippen LogP) is 2.29. The summed E-state index contributed by atoms with van der Waals surface area (Å²) < 4.78 is 0. The van der Waals surface area contributed by atoms with E-state index in [0.29, 0.717) is 19.5 Å². The Hall–Kier alpha value is -0.710. The number of hydrogen-bond donors (Lipinski definition) is 2. The van der Waals surface area contributed by atoms with E-state index >= 15 is 0 Å². The molecule has 94 valence electrons. The number of nitrogens with one attached hydrogen (secondary N) is 1. The van der Waals surface area contributed by atoms with Crippen LogP contribution >= 0.6 is 23.4 Å². The molecule has 0 saturated heterocycles. The molecule has 1 aromatic rings. The van der Waals surface area contributed by atoms with Gasteiger partial charge in [-0.1, -0.05) is 11.6 Å². The second-order valence-corrected chi connectivity index (χ2v) is 5.15. The Bertz CT molecular complexity index is 343. The van der Waals surface area contributed by atoms with E-state index in [0.717, 1.165) is 22.1 Å². The first kappa shape index (κ1) is 14.4. The predicted molar refractivity (Wildman–Crippen MR) is 73.5 cm³/mol. The van der Waals surface area contributed by atoms with Crippen LogP contribution in [0, 0.1) is 0 Å². The number of carbonyl (C=O) groups is 1. The van der Waals surface area contributed by atoms with Crippen molar-refractivity contribution in [3.05, 3.63) is 29.3 Å². The Morgan fingerprint density at radius 1 is 1.35 bits per heavy atom. The Labute approximate surface area is 111 Å². The Balaban J connectivity index is 2.14. The summed E-state index contributed by atoms with van der Waals surface area (Å²) in [5.41, 5.74) is 5.34. The Kier molecular flexibility index (Phi) is 7.08. The van der Waals surface area contributed by atoms with Crippen LogP contribution in [0.5, 0.6) is 0 Å². The molecule has 0 atom stereocenters. The number of amides is 1. The summed E-state index contributed by atoms with van der Waals surface area (Å²) in [6, 6.07) is 7.62. The van der Waals surface area contributed by atoms with Crippen LogP contribution in [0.15, 0.2) is 29.2 Å². The molecular formula is C12H17ClN2OS. The quantitative estimate of drug-likeness (QED) is 0.591. The lowest BCUT2D eigenvalue weighted by atomic mass is 10.4. The molecule has 5 heteroatoms. The summed E-state index contributed by atoms with van der Waals surface area (Å²) in [6.45, 7) is 1.28. The van der Waals surface area contributed by atoms with E-state index in [4.69, 9.17) is 17.3 Å². The van der Waals surface area contributed by atoms with Crippen molar-refractivity contribution in [2.45, 2.75) is 17.7 Å². The summed E-state index contributed by atoms with van der Waals surface area (Å²) >= 11 is 7.44. The number of halogens is 1. The Morgan fingerprint density at radius 3 is 2.71 bits per heavy atom. The van der Waals surface area contributed by atoms with E-state index in [1.165, 1.54) is 0 Å². The van der Waals surface area contributed by atoms with Gasteiger partial charge >= 0.3 is 0 Å². The maximum atomic E-state index is 11.4. The molecule has 3 N–H and O–H groups in total. The lowest BCUT2D eigenvalue weighted by Gasteiger charge is -2.04. The van der Waals surface area contributed by atoms with Gasteiger partial charge in [-0.05, 0) is 37.2 Å². The van der Waals surface area contributed by atoms with Crippen LogP contribution in [-0.4, -0.2) is 24.7 Å². The lowest BCUT2D eigenvalue weighted by molar-refractivity contribution is -0.120. The molecule has 0 bridgehead atoms. The van der Waals surface area contributed by atoms with Gasteiger partial charge in [-0.3, -0.25) is 4.79 Å². The minimum absolute atomic E-state index is 0.0833. The topological polar surface area (TPSA) is 55.1 Å². The summed E-state index contributed by atoms with van der Waals surface area (Å²) in [5, 5.41) is 3.56. The number of carbonyl (C=O) groups excluding carboxylic acids is 1. The minimum atomic E-state index is 0.0833. The fourth-order valence-corrected chi connectivity index (χ4v) is 2.19. The molecule has 0 saturated carbocycles. The fourth-order valence-electron chi connectivity index (χ4n) is 1.21. The van der Waals surface area contributed by atoms with Gasteiger partial charge in [-0.15, -0.1) is 11.8 Å². The van der Waals surface area contributed by atoms with Gasteiger partial charge in [0.05, 0.1) is 0 Å². The van der Waals surface area contributed by atoms with E-state index in [2.05, 4.69) is 5.32 Å². The second kappa shape index (κ2) is 8.39. The third-order valence-electron chi connectivity index (χ3n) is 2.11. The third kappa shape index (κ3) is 6.56. The third-order valence-corrected chi connectivity index (χ3v) is 3.38. The molecule has 1 aromatic carbocycles. The number of thioether (sulfide) groups is 1. The molecular weight excluding hydrogens is 256 g/mol. The summed E-state index contributed by atoms with van der Waals surface area (Å²) in [6.07, 6.45) is 1.36. The van der Waals surface area contributed by atoms with Gasteiger partial charge in [0.15, 0.2) is 0 Å². The number of nitrogens with two attached hydrogens (primary N) is 1. The molecule has 0 aliphatic carbocycles. The molecule has 1 rings (SSSR count). The van der Waals surface area contributed by atoms with Crippen LogP contribution in [0.25, 0.3) is 0 Å². The summed E-state index contributed by atoms with van der Waals surface area (Å²) in [7, 11) is 0. The largest absolute Gasteiger partial charge is 0.356 e. The van der Waals surface area contributed by atoms with Crippen molar-refractivity contribution < 1.29 is 4.79 Å². The van der Waals surface area contributed by atoms with E-state index in [1.54, 1.807) is 11.8 Å². The molecule has 0 radical (unpaired) electrons. The van der Waals surface area contributed by atoms with Crippen molar-refractivity contribution >= 4 is 29.3 Å². The van der Waals surface area contributed by atoms with Crippen molar-refractivity contribution in [2.24, 2.45) is 5.73 Å². The first-order valence-electron chi connectivity index (χ1n) is 5.57. The molecule has 0 aliphatic heterocycles. The molecule has 1 amide bonds. The molecule has 0 aliphatic rings. The van der Waals surface area contributed by atoms with Crippen LogP contribution < -0.4 is 11.1 Å². The zero-order valence-corrected chi connectivity index (χ0v) is 11.2. The first-order chi connectivity index (χ1) is 8.22. The zero-order valence-electron chi connectivity index (χ0n) is 9.62. The van der Waals surface area contributed by atoms with E-state index in [-0.39, 0.29) is 5.91 Å². The van der Waals surface area contributed by atoms with Crippen molar-refractivity contribution in [2.75, 3.05) is 18.8 Å². The van der Waals surface area contributed by atoms with Crippen LogP contribution in [0.1, 0.15) is 12.8 Å². The molecule has 0 fully saturated rings.